The molecule has 0 amide bonds. The van der Waals surface area contributed by atoms with Crippen LogP contribution in [0.1, 0.15) is 29.2 Å². The maximum Gasteiger partial charge on any atom is 0.177 e. The fourth-order valence-corrected chi connectivity index (χ4v) is 3.41. The molecule has 0 spiro atoms. The Hall–Kier alpha value is -2.54. The van der Waals surface area contributed by atoms with Gasteiger partial charge in [-0.25, -0.2) is 0 Å². The van der Waals surface area contributed by atoms with E-state index < -0.39 is 24.4 Å². The van der Waals surface area contributed by atoms with E-state index in [0.29, 0.717) is 17.2 Å². The minimum atomic E-state index is -1.12. The molecule has 1 heterocycles. The van der Waals surface area contributed by atoms with E-state index in [1.54, 1.807) is 24.3 Å². The highest BCUT2D eigenvalue weighted by Gasteiger charge is 2.37. The molecule has 1 aliphatic rings. The highest BCUT2D eigenvalue weighted by Crippen LogP contribution is 2.34. The van der Waals surface area contributed by atoms with E-state index in [0.717, 1.165) is 16.7 Å². The second kappa shape index (κ2) is 9.98. The summed E-state index contributed by atoms with van der Waals surface area (Å²) in [6.07, 6.45) is -2.74. The van der Waals surface area contributed by atoms with E-state index in [1.165, 1.54) is 0 Å². The number of halogens is 1. The summed E-state index contributed by atoms with van der Waals surface area (Å²) in [6, 6.07) is 14.8. The molecular weight excluding hydrogens is 412 g/mol. The topological polar surface area (TPSA) is 138 Å². The Balaban J connectivity index is 1.71. The summed E-state index contributed by atoms with van der Waals surface area (Å²) < 4.78 is 11.1. The van der Waals surface area contributed by atoms with Crippen LogP contribution in [-0.2, 0) is 11.2 Å². The molecule has 2 aromatic rings. The molecule has 9 heteroatoms. The molecule has 0 saturated carbocycles. The van der Waals surface area contributed by atoms with E-state index in [9.17, 15) is 15.3 Å². The summed E-state index contributed by atoms with van der Waals surface area (Å²) in [6.45, 7) is -0.449. The Kier molecular flexibility index (Phi) is 7.37. The van der Waals surface area contributed by atoms with Crippen molar-refractivity contribution in [2.45, 2.75) is 37.3 Å². The molecule has 0 aliphatic carbocycles. The number of amidine groups is 1. The van der Waals surface area contributed by atoms with Gasteiger partial charge in [0.25, 0.3) is 0 Å². The molecule has 0 aromatic heterocycles. The number of hydrogen-bond acceptors (Lipinski definition) is 7. The van der Waals surface area contributed by atoms with E-state index >= 15 is 0 Å². The third-order valence-corrected chi connectivity index (χ3v) is 5.23. The van der Waals surface area contributed by atoms with Gasteiger partial charge in [0, 0.05) is 23.4 Å². The number of oxime groups is 1. The monoisotopic (exact) mass is 434 g/mol. The molecule has 2 aromatic carbocycles. The van der Waals surface area contributed by atoms with E-state index in [1.807, 2.05) is 6.07 Å². The zero-order valence-electron chi connectivity index (χ0n) is 16.0. The summed E-state index contributed by atoms with van der Waals surface area (Å²) in [5, 5.41) is 41.3. The highest BCUT2D eigenvalue weighted by molar-refractivity contribution is 6.31. The standard InChI is InChI=1S/C21H23ClN2O6/c22-16-6-3-13(18-9-17(26)21(27)19(10-25)30-18)8-14(16)7-12-1-4-15(5-2-12)29-11-20(23)24-28/h1,3-4,6,8,17-19,21,25-28H,7,9-11H2,(H2,23,24). The predicted molar refractivity (Wildman–Crippen MR) is 109 cm³/mol. The third-order valence-electron chi connectivity index (χ3n) is 4.86. The van der Waals surface area contributed by atoms with Crippen LogP contribution >= 0.6 is 11.6 Å². The molecule has 1 fully saturated rings. The van der Waals surface area contributed by atoms with Crippen LogP contribution < -0.4 is 10.5 Å². The highest BCUT2D eigenvalue weighted by atomic mass is 35.5. The van der Waals surface area contributed by atoms with Gasteiger partial charge < -0.3 is 35.7 Å². The maximum absolute atomic E-state index is 10.1. The van der Waals surface area contributed by atoms with Gasteiger partial charge in [-0.2, -0.15) is 0 Å². The number of ether oxygens (including phenoxy) is 2. The van der Waals surface area contributed by atoms with Crippen LogP contribution in [0.4, 0.5) is 0 Å². The van der Waals surface area contributed by atoms with Crippen molar-refractivity contribution in [1.29, 1.82) is 0 Å². The molecule has 4 atom stereocenters. The quantitative estimate of drug-likeness (QED) is 0.191. The fraction of sp³-hybridized carbons (Fsp3) is 0.381. The Morgan fingerprint density at radius 1 is 1.27 bits per heavy atom. The van der Waals surface area contributed by atoms with Gasteiger partial charge in [-0.15, -0.1) is 0 Å². The molecule has 4 unspecified atom stereocenters. The summed E-state index contributed by atoms with van der Waals surface area (Å²) in [5.41, 5.74) is 7.80. The second-order valence-corrected chi connectivity index (χ2v) is 7.43. The molecule has 30 heavy (non-hydrogen) atoms. The molecule has 1 aliphatic heterocycles. The zero-order chi connectivity index (χ0) is 21.7. The van der Waals surface area contributed by atoms with Crippen molar-refractivity contribution in [3.05, 3.63) is 64.2 Å². The number of rotatable bonds is 7. The van der Waals surface area contributed by atoms with Gasteiger partial charge in [0.2, 0.25) is 0 Å². The van der Waals surface area contributed by atoms with Crippen molar-refractivity contribution >= 4 is 17.4 Å². The maximum atomic E-state index is 10.1. The van der Waals surface area contributed by atoms with Crippen LogP contribution in [0.3, 0.4) is 0 Å². The number of nitrogens with two attached hydrogens (primary N) is 1. The average Bonchev–Trinajstić information content (AvgIpc) is 2.76. The SMILES string of the molecule is NC(COc1c#cc(Cc2cc(C3CC(O)C(O)C(CO)O3)ccc2Cl)cc1)=NO. The van der Waals surface area contributed by atoms with Crippen LogP contribution in [0.15, 0.2) is 35.5 Å². The first-order valence-electron chi connectivity index (χ1n) is 9.34. The lowest BCUT2D eigenvalue weighted by molar-refractivity contribution is -0.181. The summed E-state index contributed by atoms with van der Waals surface area (Å²) in [4.78, 5) is 0. The summed E-state index contributed by atoms with van der Waals surface area (Å²) in [7, 11) is 0. The fourth-order valence-electron chi connectivity index (χ4n) is 3.22. The second-order valence-electron chi connectivity index (χ2n) is 7.02. The van der Waals surface area contributed by atoms with Gasteiger partial charge in [-0.05, 0) is 35.4 Å². The van der Waals surface area contributed by atoms with Crippen LogP contribution in [0, 0.1) is 12.1 Å². The summed E-state index contributed by atoms with van der Waals surface area (Å²) in [5.74, 6) is 0.352. The van der Waals surface area contributed by atoms with E-state index in [-0.39, 0.29) is 25.5 Å². The van der Waals surface area contributed by atoms with Crippen molar-refractivity contribution in [2.75, 3.05) is 13.2 Å². The first-order chi connectivity index (χ1) is 14.4. The molecule has 3 rings (SSSR count). The lowest BCUT2D eigenvalue weighted by Crippen LogP contribution is -2.47. The van der Waals surface area contributed by atoms with E-state index in [2.05, 4.69) is 17.3 Å². The molecule has 6 N–H and O–H groups in total. The number of nitrogens with zero attached hydrogens (tertiary/aromatic N) is 1. The van der Waals surface area contributed by atoms with E-state index in [4.69, 9.17) is 32.0 Å². The largest absolute Gasteiger partial charge is 0.477 e. The lowest BCUT2D eigenvalue weighted by Gasteiger charge is -2.36. The Morgan fingerprint density at radius 3 is 2.73 bits per heavy atom. The van der Waals surface area contributed by atoms with Crippen LogP contribution in [-0.4, -0.2) is 57.9 Å². The molecule has 0 radical (unpaired) electrons. The zero-order valence-corrected chi connectivity index (χ0v) is 16.8. The lowest BCUT2D eigenvalue weighted by atomic mass is 9.92. The first-order valence-corrected chi connectivity index (χ1v) is 9.72. The number of benzene rings is 1. The molecule has 0 bridgehead atoms. The van der Waals surface area contributed by atoms with Crippen LogP contribution in [0.25, 0.3) is 0 Å². The van der Waals surface area contributed by atoms with Crippen molar-refractivity contribution in [3.8, 4) is 5.75 Å². The van der Waals surface area contributed by atoms with Gasteiger partial charge in [0.1, 0.15) is 18.8 Å². The number of hydrogen-bond donors (Lipinski definition) is 5. The molecule has 160 valence electrons. The van der Waals surface area contributed by atoms with Crippen molar-refractivity contribution in [1.82, 2.24) is 0 Å². The van der Waals surface area contributed by atoms with Gasteiger partial charge >= 0.3 is 0 Å². The average molecular weight is 435 g/mol. The van der Waals surface area contributed by atoms with Gasteiger partial charge in [-0.3, -0.25) is 0 Å². The minimum absolute atomic E-state index is 0.0536. The van der Waals surface area contributed by atoms with Crippen LogP contribution in [0.2, 0.25) is 5.02 Å². The first kappa shape index (κ1) is 22.2. The normalized spacial score (nSPS) is 24.3. The van der Waals surface area contributed by atoms with Crippen molar-refractivity contribution in [2.24, 2.45) is 10.9 Å². The number of aliphatic hydroxyl groups is 3. The minimum Gasteiger partial charge on any atom is -0.477 e. The van der Waals surface area contributed by atoms with Gasteiger partial charge in [0.15, 0.2) is 11.6 Å². The van der Waals surface area contributed by atoms with Crippen LogP contribution in [0.5, 0.6) is 5.75 Å². The van der Waals surface area contributed by atoms with Gasteiger partial charge in [0.05, 0.1) is 18.8 Å². The molecule has 1 saturated heterocycles. The Bertz CT molecular complexity index is 876. The Labute approximate surface area is 179 Å². The smallest absolute Gasteiger partial charge is 0.177 e. The summed E-state index contributed by atoms with van der Waals surface area (Å²) >= 11 is 6.35. The molecular formula is C21H23ClN2O6. The molecule has 8 nitrogen and oxygen atoms in total. The van der Waals surface area contributed by atoms with Gasteiger partial charge in [-0.1, -0.05) is 35.0 Å². The third kappa shape index (κ3) is 5.33. The van der Waals surface area contributed by atoms with Crippen molar-refractivity contribution < 1.29 is 30.0 Å². The Morgan fingerprint density at radius 2 is 2.07 bits per heavy atom. The number of aliphatic hydroxyl groups excluding tert-OH is 3. The van der Waals surface area contributed by atoms with Crippen molar-refractivity contribution in [3.63, 3.8) is 0 Å². The predicted octanol–water partition coefficient (Wildman–Crippen LogP) is 1.20.